The largest absolute Gasteiger partial charge is 0.486 e. The quantitative estimate of drug-likeness (QED) is 0.887. The minimum absolute atomic E-state index is 0.0612. The Bertz CT molecular complexity index is 669. The lowest BCUT2D eigenvalue weighted by Crippen LogP contribution is -2.52. The Balaban J connectivity index is 1.61. The molecule has 0 aliphatic carbocycles. The van der Waals surface area contributed by atoms with E-state index in [0.717, 1.165) is 23.3 Å². The summed E-state index contributed by atoms with van der Waals surface area (Å²) in [4.78, 5) is 14.3. The number of halogens is 1. The van der Waals surface area contributed by atoms with E-state index >= 15 is 0 Å². The van der Waals surface area contributed by atoms with Gasteiger partial charge in [-0.25, -0.2) is 0 Å². The van der Waals surface area contributed by atoms with Crippen molar-refractivity contribution < 1.29 is 13.9 Å². The van der Waals surface area contributed by atoms with Gasteiger partial charge in [-0.2, -0.15) is 0 Å². The summed E-state index contributed by atoms with van der Waals surface area (Å²) in [7, 11) is 0. The van der Waals surface area contributed by atoms with Crippen LogP contribution in [-0.2, 0) is 6.61 Å². The average Bonchev–Trinajstić information content (AvgIpc) is 3.03. The number of piperazine rings is 1. The minimum Gasteiger partial charge on any atom is -0.486 e. The molecule has 3 rings (SSSR count). The zero-order chi connectivity index (χ0) is 16.2. The van der Waals surface area contributed by atoms with Gasteiger partial charge in [0.05, 0.1) is 0 Å². The summed E-state index contributed by atoms with van der Waals surface area (Å²) in [6.45, 7) is 4.66. The van der Waals surface area contributed by atoms with Crippen molar-refractivity contribution in [3.05, 3.63) is 52.4 Å². The van der Waals surface area contributed by atoms with Gasteiger partial charge in [0, 0.05) is 30.1 Å². The van der Waals surface area contributed by atoms with Crippen LogP contribution in [0.15, 0.2) is 45.3 Å². The molecule has 1 aromatic heterocycles. The maximum atomic E-state index is 12.5. The van der Waals surface area contributed by atoms with Crippen molar-refractivity contribution in [3.63, 3.8) is 0 Å². The van der Waals surface area contributed by atoms with E-state index in [0.29, 0.717) is 24.7 Å². The molecule has 1 fully saturated rings. The van der Waals surface area contributed by atoms with Gasteiger partial charge in [-0.15, -0.1) is 0 Å². The number of hydrogen-bond acceptors (Lipinski definition) is 4. The fourth-order valence-corrected chi connectivity index (χ4v) is 2.80. The van der Waals surface area contributed by atoms with E-state index in [4.69, 9.17) is 9.15 Å². The maximum Gasteiger partial charge on any atom is 0.289 e. The van der Waals surface area contributed by atoms with Crippen LogP contribution in [-0.4, -0.2) is 36.5 Å². The summed E-state index contributed by atoms with van der Waals surface area (Å²) in [6.07, 6.45) is 0. The van der Waals surface area contributed by atoms with E-state index in [9.17, 15) is 4.79 Å². The third kappa shape index (κ3) is 3.95. The summed E-state index contributed by atoms with van der Waals surface area (Å²) < 4.78 is 12.3. The van der Waals surface area contributed by atoms with E-state index in [1.54, 1.807) is 12.1 Å². The molecule has 0 radical (unpaired) electrons. The molecule has 1 aliphatic rings. The Morgan fingerprint density at radius 2 is 2.13 bits per heavy atom. The zero-order valence-electron chi connectivity index (χ0n) is 12.9. The number of rotatable bonds is 4. The molecular formula is C17H19BrN2O3. The van der Waals surface area contributed by atoms with Crippen LogP contribution in [0.3, 0.4) is 0 Å². The Labute approximate surface area is 143 Å². The molecule has 5 nitrogen and oxygen atoms in total. The lowest BCUT2D eigenvalue weighted by molar-refractivity contribution is 0.0619. The Morgan fingerprint density at radius 3 is 2.87 bits per heavy atom. The van der Waals surface area contributed by atoms with Gasteiger partial charge in [-0.05, 0) is 43.3 Å². The van der Waals surface area contributed by atoms with Crippen molar-refractivity contribution >= 4 is 21.8 Å². The van der Waals surface area contributed by atoms with E-state index in [1.165, 1.54) is 0 Å². The average molecular weight is 379 g/mol. The summed E-state index contributed by atoms with van der Waals surface area (Å²) >= 11 is 3.38. The number of amides is 1. The van der Waals surface area contributed by atoms with E-state index in [2.05, 4.69) is 21.2 Å². The molecule has 1 aliphatic heterocycles. The van der Waals surface area contributed by atoms with Crippen molar-refractivity contribution in [1.82, 2.24) is 10.2 Å². The second-order valence-electron chi connectivity index (χ2n) is 5.56. The number of benzene rings is 1. The van der Waals surface area contributed by atoms with Gasteiger partial charge in [0.2, 0.25) is 0 Å². The number of furan rings is 1. The summed E-state index contributed by atoms with van der Waals surface area (Å²) in [5.74, 6) is 1.70. The first-order valence-electron chi connectivity index (χ1n) is 7.62. The molecule has 0 saturated carbocycles. The Kier molecular flexibility index (Phi) is 5.03. The third-order valence-corrected chi connectivity index (χ3v) is 4.36. The molecule has 2 heterocycles. The van der Waals surface area contributed by atoms with Crippen LogP contribution < -0.4 is 10.1 Å². The molecule has 23 heavy (non-hydrogen) atoms. The highest BCUT2D eigenvalue weighted by molar-refractivity contribution is 9.10. The third-order valence-electron chi connectivity index (χ3n) is 3.83. The van der Waals surface area contributed by atoms with Gasteiger partial charge >= 0.3 is 0 Å². The van der Waals surface area contributed by atoms with Crippen LogP contribution in [0.2, 0.25) is 0 Å². The van der Waals surface area contributed by atoms with Crippen molar-refractivity contribution in [2.24, 2.45) is 0 Å². The standard InChI is InChI=1S/C17H19BrN2O3/c1-12-10-19-8-9-20(12)17(21)16-7-6-15(23-16)11-22-14-4-2-13(18)3-5-14/h2-7,12,19H,8-11H2,1H3. The molecule has 1 N–H and O–H groups in total. The molecule has 0 spiro atoms. The normalized spacial score (nSPS) is 18.0. The topological polar surface area (TPSA) is 54.7 Å². The summed E-state index contributed by atoms with van der Waals surface area (Å²) in [5.41, 5.74) is 0. The van der Waals surface area contributed by atoms with Gasteiger partial charge in [0.25, 0.3) is 5.91 Å². The molecule has 1 saturated heterocycles. The van der Waals surface area contributed by atoms with Gasteiger partial charge in [0.15, 0.2) is 5.76 Å². The monoisotopic (exact) mass is 378 g/mol. The number of carbonyl (C=O) groups is 1. The number of carbonyl (C=O) groups excluding carboxylic acids is 1. The van der Waals surface area contributed by atoms with E-state index in [1.807, 2.05) is 36.1 Å². The number of nitrogens with zero attached hydrogens (tertiary/aromatic N) is 1. The van der Waals surface area contributed by atoms with E-state index in [-0.39, 0.29) is 11.9 Å². The lowest BCUT2D eigenvalue weighted by atomic mass is 10.2. The molecule has 1 unspecified atom stereocenters. The molecule has 122 valence electrons. The predicted molar refractivity (Wildman–Crippen MR) is 90.6 cm³/mol. The Morgan fingerprint density at radius 1 is 1.35 bits per heavy atom. The SMILES string of the molecule is CC1CNCCN1C(=O)c1ccc(COc2ccc(Br)cc2)o1. The van der Waals surface area contributed by atoms with Crippen LogP contribution >= 0.6 is 15.9 Å². The highest BCUT2D eigenvalue weighted by atomic mass is 79.9. The van der Waals surface area contributed by atoms with Crippen LogP contribution in [0.5, 0.6) is 5.75 Å². The van der Waals surface area contributed by atoms with Gasteiger partial charge in [-0.3, -0.25) is 4.79 Å². The fourth-order valence-electron chi connectivity index (χ4n) is 2.54. The van der Waals surface area contributed by atoms with Gasteiger partial charge < -0.3 is 19.4 Å². The molecule has 6 heteroatoms. The van der Waals surface area contributed by atoms with Crippen LogP contribution in [0.25, 0.3) is 0 Å². The molecule has 1 amide bonds. The lowest BCUT2D eigenvalue weighted by Gasteiger charge is -2.33. The first kappa shape index (κ1) is 16.1. The van der Waals surface area contributed by atoms with Crippen molar-refractivity contribution in [2.45, 2.75) is 19.6 Å². The Hall–Kier alpha value is -1.79. The second kappa shape index (κ2) is 7.19. The highest BCUT2D eigenvalue weighted by Crippen LogP contribution is 2.19. The fraction of sp³-hybridized carbons (Fsp3) is 0.353. The zero-order valence-corrected chi connectivity index (χ0v) is 14.5. The van der Waals surface area contributed by atoms with Gasteiger partial charge in [-0.1, -0.05) is 15.9 Å². The molecular weight excluding hydrogens is 360 g/mol. The molecule has 0 bridgehead atoms. The number of hydrogen-bond donors (Lipinski definition) is 1. The van der Waals surface area contributed by atoms with Crippen molar-refractivity contribution in [2.75, 3.05) is 19.6 Å². The van der Waals surface area contributed by atoms with Crippen molar-refractivity contribution in [1.29, 1.82) is 0 Å². The van der Waals surface area contributed by atoms with Gasteiger partial charge in [0.1, 0.15) is 18.1 Å². The summed E-state index contributed by atoms with van der Waals surface area (Å²) in [5, 5.41) is 3.27. The van der Waals surface area contributed by atoms with Crippen molar-refractivity contribution in [3.8, 4) is 5.75 Å². The van der Waals surface area contributed by atoms with Crippen LogP contribution in [0.4, 0.5) is 0 Å². The molecule has 1 atom stereocenters. The number of ether oxygens (including phenoxy) is 1. The molecule has 1 aromatic carbocycles. The first-order valence-corrected chi connectivity index (χ1v) is 8.41. The van der Waals surface area contributed by atoms with Crippen LogP contribution in [0, 0.1) is 0 Å². The van der Waals surface area contributed by atoms with Crippen LogP contribution in [0.1, 0.15) is 23.2 Å². The minimum atomic E-state index is -0.0612. The smallest absolute Gasteiger partial charge is 0.289 e. The highest BCUT2D eigenvalue weighted by Gasteiger charge is 2.26. The maximum absolute atomic E-state index is 12.5. The predicted octanol–water partition coefficient (Wildman–Crippen LogP) is 3.06. The van der Waals surface area contributed by atoms with E-state index < -0.39 is 0 Å². The second-order valence-corrected chi connectivity index (χ2v) is 6.48. The first-order chi connectivity index (χ1) is 11.1. The summed E-state index contributed by atoms with van der Waals surface area (Å²) in [6, 6.07) is 11.3. The molecule has 2 aromatic rings. The number of nitrogens with one attached hydrogen (secondary N) is 1.